The molecule has 0 saturated heterocycles. The van der Waals surface area contributed by atoms with Crippen LogP contribution >= 0.6 is 0 Å². The van der Waals surface area contributed by atoms with Gasteiger partial charge in [0.25, 0.3) is 0 Å². The van der Waals surface area contributed by atoms with Gasteiger partial charge in [0.15, 0.2) is 0 Å². The van der Waals surface area contributed by atoms with Crippen molar-refractivity contribution >= 4 is 10.2 Å². The van der Waals surface area contributed by atoms with Crippen molar-refractivity contribution in [1.29, 1.82) is 0 Å². The van der Waals surface area contributed by atoms with Crippen LogP contribution in [0.2, 0.25) is 0 Å². The maximum Gasteiger partial charge on any atom is 0.442 e. The number of hydrogen-bond donors (Lipinski definition) is 0. The topological polar surface area (TPSA) is 34.1 Å². The molecule has 0 spiro atoms. The molecule has 0 aliphatic rings. The Morgan fingerprint density at radius 1 is 0.359 bits per heavy atom. The number of alkyl halides is 23. The van der Waals surface area contributed by atoms with E-state index in [1.165, 1.54) is 0 Å². The summed E-state index contributed by atoms with van der Waals surface area (Å²) in [6.07, 6.45) is -11.5. The molecule has 27 heteroatoms. The lowest BCUT2D eigenvalue weighted by Crippen LogP contribution is -2.77. The predicted molar refractivity (Wildman–Crippen MR) is 70.2 cm³/mol. The van der Waals surface area contributed by atoms with Gasteiger partial charge in [0.05, 0.1) is 0 Å². The molecular formula is C12H2F24O2S. The zero-order chi connectivity index (χ0) is 32.7. The number of halogens is 24. The van der Waals surface area contributed by atoms with Crippen LogP contribution in [0.4, 0.5) is 105 Å². The molecule has 2 nitrogen and oxygen atoms in total. The van der Waals surface area contributed by atoms with Crippen LogP contribution in [0.3, 0.4) is 0 Å². The highest BCUT2D eigenvalue weighted by atomic mass is 32.3. The highest BCUT2D eigenvalue weighted by molar-refractivity contribution is 7.87. The summed E-state index contributed by atoms with van der Waals surface area (Å²) in [4.78, 5) is 0. The molecule has 0 rings (SSSR count). The van der Waals surface area contributed by atoms with Crippen LogP contribution in [0.1, 0.15) is 6.42 Å². The fourth-order valence-corrected chi connectivity index (χ4v) is 2.55. The van der Waals surface area contributed by atoms with Gasteiger partial charge in [-0.3, -0.25) is 0 Å². The first-order valence-electron chi connectivity index (χ1n) is 8.00. The van der Waals surface area contributed by atoms with Gasteiger partial charge in [-0.25, -0.2) is 0 Å². The normalized spacial score (nSPS) is 17.0. The van der Waals surface area contributed by atoms with Crippen LogP contribution in [0.25, 0.3) is 0 Å². The minimum atomic E-state index is -9.54. The van der Waals surface area contributed by atoms with Gasteiger partial charge in [0.2, 0.25) is 0 Å². The first kappa shape index (κ1) is 37.3. The van der Waals surface area contributed by atoms with E-state index < -0.39 is 81.4 Å². The second-order valence-electron chi connectivity index (χ2n) is 7.05. The molecule has 0 aliphatic carbocycles. The maximum absolute atomic E-state index is 13.5. The van der Waals surface area contributed by atoms with Crippen molar-refractivity contribution in [3.05, 3.63) is 0 Å². The van der Waals surface area contributed by atoms with E-state index in [0.717, 1.165) is 0 Å². The molecule has 0 unspecified atom stereocenters. The molecular weight excluding hydrogens is 664 g/mol. The molecule has 0 aromatic carbocycles. The van der Waals surface area contributed by atoms with Crippen molar-refractivity contribution in [2.75, 3.05) is 0 Å². The molecule has 0 radical (unpaired) electrons. The maximum atomic E-state index is 13.5. The molecule has 0 fully saturated rings. The second-order valence-corrected chi connectivity index (χ2v) is 8.43. The molecule has 39 heavy (non-hydrogen) atoms. The molecule has 0 aromatic rings. The van der Waals surface area contributed by atoms with Gasteiger partial charge in [-0.2, -0.15) is 109 Å². The van der Waals surface area contributed by atoms with Crippen molar-refractivity contribution in [3.63, 3.8) is 0 Å². The van der Waals surface area contributed by atoms with Gasteiger partial charge in [0.1, 0.15) is 6.42 Å². The standard InChI is InChI=1S/C12H2F24O2S/c13-2(14,1-3(15,16)17)4(18,19)5(20,21)6(22,23)7(24,25)8(26,27)9(28,29)10(30,31)11(32,33)12(34,35)39(36,37)38/h1H2. The van der Waals surface area contributed by atoms with Crippen molar-refractivity contribution in [3.8, 4) is 0 Å². The Labute approximate surface area is 196 Å². The Balaban J connectivity index is 7.25. The molecule has 236 valence electrons. The van der Waals surface area contributed by atoms with Crippen LogP contribution in [-0.4, -0.2) is 73.2 Å². The molecule has 0 heterocycles. The second kappa shape index (κ2) is 8.88. The highest BCUT2D eigenvalue weighted by Crippen LogP contribution is 2.66. The Kier molecular flexibility index (Phi) is 8.49. The first-order chi connectivity index (χ1) is 16.2. The van der Waals surface area contributed by atoms with Gasteiger partial charge >= 0.3 is 75.0 Å². The van der Waals surface area contributed by atoms with Gasteiger partial charge in [0, 0.05) is 0 Å². The van der Waals surface area contributed by atoms with E-state index in [1.54, 1.807) is 0 Å². The molecule has 0 N–H and O–H groups in total. The van der Waals surface area contributed by atoms with Crippen LogP contribution in [0.15, 0.2) is 0 Å². The van der Waals surface area contributed by atoms with Crippen molar-refractivity contribution in [2.24, 2.45) is 0 Å². The summed E-state index contributed by atoms with van der Waals surface area (Å²) in [7, 11) is -8.66. The van der Waals surface area contributed by atoms with Crippen LogP contribution in [0, 0.1) is 0 Å². The number of hydrogen-bond acceptors (Lipinski definition) is 2. The van der Waals surface area contributed by atoms with Crippen LogP contribution in [0.5, 0.6) is 0 Å². The minimum absolute atomic E-state index is 4.66. The van der Waals surface area contributed by atoms with Crippen molar-refractivity contribution in [2.45, 2.75) is 71.2 Å². The third-order valence-corrected chi connectivity index (χ3v) is 5.18. The Morgan fingerprint density at radius 2 is 0.564 bits per heavy atom. The van der Waals surface area contributed by atoms with E-state index in [0.29, 0.717) is 0 Å². The molecule has 0 aromatic heterocycles. The van der Waals surface area contributed by atoms with Gasteiger partial charge in [-0.15, -0.1) is 0 Å². The largest absolute Gasteiger partial charge is 0.442 e. The van der Waals surface area contributed by atoms with Crippen LogP contribution < -0.4 is 0 Å². The highest BCUT2D eigenvalue weighted by Gasteiger charge is 2.98. The fraction of sp³-hybridized carbons (Fsp3) is 1.00. The lowest BCUT2D eigenvalue weighted by Gasteiger charge is -2.44. The van der Waals surface area contributed by atoms with E-state index in [2.05, 4.69) is 0 Å². The molecule has 0 bridgehead atoms. The smallest absolute Gasteiger partial charge is 0.199 e. The zero-order valence-corrected chi connectivity index (χ0v) is 17.3. The van der Waals surface area contributed by atoms with Crippen molar-refractivity contribution in [1.82, 2.24) is 0 Å². The third kappa shape index (κ3) is 4.79. The van der Waals surface area contributed by atoms with E-state index in [1.807, 2.05) is 0 Å². The van der Waals surface area contributed by atoms with Gasteiger partial charge in [-0.05, 0) is 0 Å². The molecule has 0 aliphatic heterocycles. The van der Waals surface area contributed by atoms with E-state index in [9.17, 15) is 113 Å². The summed E-state index contributed by atoms with van der Waals surface area (Å²) in [6, 6.07) is 0. The van der Waals surface area contributed by atoms with E-state index in [4.69, 9.17) is 0 Å². The van der Waals surface area contributed by atoms with E-state index in [-0.39, 0.29) is 0 Å². The third-order valence-electron chi connectivity index (χ3n) is 4.31. The summed E-state index contributed by atoms with van der Waals surface area (Å²) in [6.45, 7) is 0. The summed E-state index contributed by atoms with van der Waals surface area (Å²) in [5.41, 5.74) is 0. The lowest BCUT2D eigenvalue weighted by molar-refractivity contribution is -0.467. The summed E-state index contributed by atoms with van der Waals surface area (Å²) >= 11 is 0. The Morgan fingerprint density at radius 3 is 0.769 bits per heavy atom. The zero-order valence-electron chi connectivity index (χ0n) is 16.5. The fourth-order valence-electron chi connectivity index (χ4n) is 2.11. The SMILES string of the molecule is O=S(=O)(F)C(F)(F)C(F)(F)C(F)(F)C(F)(F)C(F)(F)C(F)(F)C(F)(F)C(F)(F)C(F)(F)C(F)(F)CC(F)(F)F. The molecule has 0 amide bonds. The summed E-state index contributed by atoms with van der Waals surface area (Å²) < 4.78 is 332. The number of rotatable bonds is 11. The van der Waals surface area contributed by atoms with E-state index >= 15 is 0 Å². The Hall–Kier alpha value is -1.73. The lowest BCUT2D eigenvalue weighted by atomic mass is 9.86. The summed E-state index contributed by atoms with van der Waals surface area (Å²) in [5, 5.41) is -8.35. The first-order valence-corrected chi connectivity index (χ1v) is 9.38. The Bertz CT molecular complexity index is 1020. The average molecular weight is 666 g/mol. The van der Waals surface area contributed by atoms with Crippen LogP contribution in [-0.2, 0) is 10.2 Å². The minimum Gasteiger partial charge on any atom is -0.199 e. The van der Waals surface area contributed by atoms with Crippen molar-refractivity contribution < 1.29 is 113 Å². The average Bonchev–Trinajstić information content (AvgIpc) is 2.63. The molecule has 0 saturated carbocycles. The monoisotopic (exact) mass is 666 g/mol. The summed E-state index contributed by atoms with van der Waals surface area (Å²) in [5.74, 6) is -81.6. The predicted octanol–water partition coefficient (Wildman–Crippen LogP) is 7.55. The van der Waals surface area contributed by atoms with Gasteiger partial charge < -0.3 is 0 Å². The van der Waals surface area contributed by atoms with Gasteiger partial charge in [-0.1, -0.05) is 3.89 Å². The quantitative estimate of drug-likeness (QED) is 0.169. The molecule has 0 atom stereocenters.